The summed E-state index contributed by atoms with van der Waals surface area (Å²) in [4.78, 5) is 16.1. The van der Waals surface area contributed by atoms with Gasteiger partial charge in [0.05, 0.1) is 12.8 Å². The third-order valence-electron chi connectivity index (χ3n) is 3.70. The van der Waals surface area contributed by atoms with E-state index in [0.29, 0.717) is 31.1 Å². The average Bonchev–Trinajstić information content (AvgIpc) is 3.03. The summed E-state index contributed by atoms with van der Waals surface area (Å²) < 4.78 is 11.2. The average molecular weight is 330 g/mol. The van der Waals surface area contributed by atoms with Gasteiger partial charge >= 0.3 is 0 Å². The zero-order chi connectivity index (χ0) is 17.4. The Bertz CT molecular complexity index is 634. The SMILES string of the molecule is CCCC(C)NC(=O)CCc1ncc(-c2ccc(OCC)cc2)o1. The fourth-order valence-corrected chi connectivity index (χ4v) is 2.51. The number of hydrogen-bond donors (Lipinski definition) is 1. The van der Waals surface area contributed by atoms with Gasteiger partial charge in [-0.25, -0.2) is 4.98 Å². The minimum atomic E-state index is 0.0387. The zero-order valence-corrected chi connectivity index (χ0v) is 14.7. The number of ether oxygens (including phenoxy) is 1. The van der Waals surface area contributed by atoms with E-state index in [1.807, 2.05) is 38.1 Å². The summed E-state index contributed by atoms with van der Waals surface area (Å²) in [7, 11) is 0. The highest BCUT2D eigenvalue weighted by molar-refractivity contribution is 5.76. The molecule has 5 nitrogen and oxygen atoms in total. The van der Waals surface area contributed by atoms with Crippen LogP contribution in [0, 0.1) is 0 Å². The Morgan fingerprint density at radius 1 is 1.29 bits per heavy atom. The molecule has 0 radical (unpaired) electrons. The van der Waals surface area contributed by atoms with E-state index in [4.69, 9.17) is 9.15 Å². The summed E-state index contributed by atoms with van der Waals surface area (Å²) in [6.45, 7) is 6.73. The standard InChI is InChI=1S/C19H26N2O3/c1-4-6-14(3)21-18(22)11-12-19-20-13-17(24-19)15-7-9-16(10-8-15)23-5-2/h7-10,13-14H,4-6,11-12H2,1-3H3,(H,21,22). The van der Waals surface area contributed by atoms with Crippen LogP contribution in [0.1, 0.15) is 45.9 Å². The van der Waals surface area contributed by atoms with E-state index in [1.165, 1.54) is 0 Å². The van der Waals surface area contributed by atoms with Crippen molar-refractivity contribution in [2.24, 2.45) is 0 Å². The number of nitrogens with one attached hydrogen (secondary N) is 1. The van der Waals surface area contributed by atoms with Crippen LogP contribution >= 0.6 is 0 Å². The van der Waals surface area contributed by atoms with Crippen LogP contribution in [0.4, 0.5) is 0 Å². The molecule has 5 heteroatoms. The van der Waals surface area contributed by atoms with Crippen molar-refractivity contribution in [2.75, 3.05) is 6.61 Å². The van der Waals surface area contributed by atoms with Gasteiger partial charge < -0.3 is 14.5 Å². The van der Waals surface area contributed by atoms with Crippen molar-refractivity contribution < 1.29 is 13.9 Å². The molecule has 0 fully saturated rings. The number of carbonyl (C=O) groups excluding carboxylic acids is 1. The van der Waals surface area contributed by atoms with Crippen LogP contribution in [-0.2, 0) is 11.2 Å². The monoisotopic (exact) mass is 330 g/mol. The molecule has 1 aromatic carbocycles. The molecule has 2 rings (SSSR count). The number of oxazole rings is 1. The highest BCUT2D eigenvalue weighted by Crippen LogP contribution is 2.23. The van der Waals surface area contributed by atoms with E-state index in [1.54, 1.807) is 6.20 Å². The van der Waals surface area contributed by atoms with Crippen LogP contribution in [0.25, 0.3) is 11.3 Å². The first-order valence-corrected chi connectivity index (χ1v) is 8.59. The van der Waals surface area contributed by atoms with E-state index < -0.39 is 0 Å². The molecule has 0 bridgehead atoms. The molecular weight excluding hydrogens is 304 g/mol. The second-order valence-corrected chi connectivity index (χ2v) is 5.83. The van der Waals surface area contributed by atoms with Crippen molar-refractivity contribution in [1.82, 2.24) is 10.3 Å². The normalized spacial score (nSPS) is 12.0. The van der Waals surface area contributed by atoms with Crippen molar-refractivity contribution >= 4 is 5.91 Å². The molecule has 2 aromatic rings. The minimum absolute atomic E-state index is 0.0387. The van der Waals surface area contributed by atoms with Crippen molar-refractivity contribution in [1.29, 1.82) is 0 Å². The molecule has 1 heterocycles. The smallest absolute Gasteiger partial charge is 0.220 e. The maximum atomic E-state index is 11.9. The molecule has 0 spiro atoms. The van der Waals surface area contributed by atoms with Crippen molar-refractivity contribution in [3.05, 3.63) is 36.4 Å². The fraction of sp³-hybridized carbons (Fsp3) is 0.474. The lowest BCUT2D eigenvalue weighted by Crippen LogP contribution is -2.32. The van der Waals surface area contributed by atoms with Gasteiger partial charge in [0.2, 0.25) is 5.91 Å². The summed E-state index contributed by atoms with van der Waals surface area (Å²) in [5.74, 6) is 2.15. The third-order valence-corrected chi connectivity index (χ3v) is 3.70. The predicted octanol–water partition coefficient (Wildman–Crippen LogP) is 3.98. The van der Waals surface area contributed by atoms with Crippen molar-refractivity contribution in [3.63, 3.8) is 0 Å². The lowest BCUT2D eigenvalue weighted by molar-refractivity contribution is -0.121. The van der Waals surface area contributed by atoms with Gasteiger partial charge in [-0.05, 0) is 44.5 Å². The number of hydrogen-bond acceptors (Lipinski definition) is 4. The first-order valence-electron chi connectivity index (χ1n) is 8.59. The Labute approximate surface area is 143 Å². The van der Waals surface area contributed by atoms with Gasteiger partial charge in [0.15, 0.2) is 11.7 Å². The molecule has 0 saturated carbocycles. The van der Waals surface area contributed by atoms with Gasteiger partial charge in [0.25, 0.3) is 0 Å². The summed E-state index contributed by atoms with van der Waals surface area (Å²) in [6.07, 6.45) is 4.64. The van der Waals surface area contributed by atoms with Crippen molar-refractivity contribution in [2.45, 2.75) is 52.5 Å². The van der Waals surface area contributed by atoms with Gasteiger partial charge in [-0.3, -0.25) is 4.79 Å². The van der Waals surface area contributed by atoms with Gasteiger partial charge in [-0.15, -0.1) is 0 Å². The van der Waals surface area contributed by atoms with Gasteiger partial charge in [-0.1, -0.05) is 13.3 Å². The molecule has 1 unspecified atom stereocenters. The second kappa shape index (κ2) is 9.11. The predicted molar refractivity (Wildman–Crippen MR) is 93.9 cm³/mol. The molecule has 1 N–H and O–H groups in total. The van der Waals surface area contributed by atoms with Gasteiger partial charge in [-0.2, -0.15) is 0 Å². The number of aryl methyl sites for hydroxylation is 1. The number of rotatable bonds is 9. The maximum Gasteiger partial charge on any atom is 0.220 e. The summed E-state index contributed by atoms with van der Waals surface area (Å²) in [6, 6.07) is 7.90. The Hall–Kier alpha value is -2.30. The molecule has 0 aliphatic heterocycles. The van der Waals surface area contributed by atoms with Crippen molar-refractivity contribution in [3.8, 4) is 17.1 Å². The quantitative estimate of drug-likeness (QED) is 0.755. The number of amides is 1. The Balaban J connectivity index is 1.87. The molecule has 130 valence electrons. The first-order chi connectivity index (χ1) is 11.6. The van der Waals surface area contributed by atoms with Crippen LogP contribution in [0.5, 0.6) is 5.75 Å². The van der Waals surface area contributed by atoms with E-state index in [-0.39, 0.29) is 11.9 Å². The Morgan fingerprint density at radius 2 is 2.04 bits per heavy atom. The molecule has 1 aromatic heterocycles. The fourth-order valence-electron chi connectivity index (χ4n) is 2.51. The number of nitrogens with zero attached hydrogens (tertiary/aromatic N) is 1. The van der Waals surface area contributed by atoms with Crippen LogP contribution in [0.2, 0.25) is 0 Å². The zero-order valence-electron chi connectivity index (χ0n) is 14.7. The first kappa shape index (κ1) is 18.0. The number of benzene rings is 1. The Kier molecular flexibility index (Phi) is 6.85. The maximum absolute atomic E-state index is 11.9. The van der Waals surface area contributed by atoms with E-state index >= 15 is 0 Å². The van der Waals surface area contributed by atoms with E-state index in [9.17, 15) is 4.79 Å². The minimum Gasteiger partial charge on any atom is -0.494 e. The van der Waals surface area contributed by atoms with Gasteiger partial charge in [0, 0.05) is 24.4 Å². The van der Waals surface area contributed by atoms with Crippen LogP contribution in [0.3, 0.4) is 0 Å². The molecular formula is C19H26N2O3. The lowest BCUT2D eigenvalue weighted by atomic mass is 10.2. The van der Waals surface area contributed by atoms with Crippen LogP contribution in [0.15, 0.2) is 34.9 Å². The van der Waals surface area contributed by atoms with Crippen LogP contribution in [-0.4, -0.2) is 23.5 Å². The third kappa shape index (κ3) is 5.41. The van der Waals surface area contributed by atoms with E-state index in [2.05, 4.69) is 17.2 Å². The topological polar surface area (TPSA) is 64.4 Å². The summed E-state index contributed by atoms with van der Waals surface area (Å²) in [5.41, 5.74) is 0.943. The molecule has 0 aliphatic carbocycles. The second-order valence-electron chi connectivity index (χ2n) is 5.83. The molecule has 0 aliphatic rings. The molecule has 1 atom stereocenters. The van der Waals surface area contributed by atoms with E-state index in [0.717, 1.165) is 24.2 Å². The largest absolute Gasteiger partial charge is 0.494 e. The number of aromatic nitrogens is 1. The highest BCUT2D eigenvalue weighted by Gasteiger charge is 2.11. The number of carbonyl (C=O) groups is 1. The molecule has 0 saturated heterocycles. The van der Waals surface area contributed by atoms with Crippen LogP contribution < -0.4 is 10.1 Å². The summed E-state index contributed by atoms with van der Waals surface area (Å²) in [5, 5.41) is 2.99. The molecule has 24 heavy (non-hydrogen) atoms. The Morgan fingerprint density at radius 3 is 2.71 bits per heavy atom. The molecule has 1 amide bonds. The lowest BCUT2D eigenvalue weighted by Gasteiger charge is -2.11. The summed E-state index contributed by atoms with van der Waals surface area (Å²) >= 11 is 0. The highest BCUT2D eigenvalue weighted by atomic mass is 16.5. The van der Waals surface area contributed by atoms with Gasteiger partial charge in [0.1, 0.15) is 5.75 Å².